The van der Waals surface area contributed by atoms with Crippen LogP contribution in [0.1, 0.15) is 129 Å². The number of hydroxylamine groups is 4. The van der Waals surface area contributed by atoms with E-state index in [4.69, 9.17) is 37.9 Å². The van der Waals surface area contributed by atoms with Crippen molar-refractivity contribution in [3.63, 3.8) is 0 Å². The summed E-state index contributed by atoms with van der Waals surface area (Å²) in [6.07, 6.45) is -2.28. The minimum Gasteiger partial charge on any atom is -0.465 e. The third kappa shape index (κ3) is 12.0. The van der Waals surface area contributed by atoms with Gasteiger partial charge in [0.05, 0.1) is 56.7 Å². The number of hydrogen-bond acceptors (Lipinski definition) is 16. The average molecular weight is 843 g/mol. The highest BCUT2D eigenvalue weighted by atomic mass is 16.7. The van der Waals surface area contributed by atoms with Gasteiger partial charge in [-0.05, 0) is 62.3 Å². The van der Waals surface area contributed by atoms with Crippen molar-refractivity contribution in [2.75, 3.05) is 46.8 Å². The van der Waals surface area contributed by atoms with Gasteiger partial charge < -0.3 is 53.1 Å². The fourth-order valence-corrected chi connectivity index (χ4v) is 9.39. The van der Waals surface area contributed by atoms with Crippen molar-refractivity contribution in [3.8, 4) is 0 Å². The molecule has 4 aliphatic heterocycles. The van der Waals surface area contributed by atoms with E-state index in [1.807, 2.05) is 83.1 Å². The molecule has 0 bridgehead atoms. The van der Waals surface area contributed by atoms with Crippen LogP contribution < -0.4 is 0 Å². The molecule has 0 aromatic carbocycles. The molecule has 0 saturated carbocycles. The van der Waals surface area contributed by atoms with Crippen molar-refractivity contribution >= 4 is 23.7 Å². The first-order valence-electron chi connectivity index (χ1n) is 21.0. The minimum atomic E-state index is -1.43. The lowest BCUT2D eigenvalue weighted by Gasteiger charge is -2.51. The molecule has 16 nitrogen and oxygen atoms in total. The maximum atomic E-state index is 14.3. The molecule has 2 N–H and O–H groups in total. The SMILES string of the molecule is COCC(C)(C)C1OCC2(CO1)COC(C(C)(C)COC(=O)CC(C(=O)OC1CC(C)(C)N(O)C(C)(C)C1)C(CC(C)=O)C(=O)OC1CC(C)(C)N(O)C(C)(C)C1)OC2. The van der Waals surface area contributed by atoms with Crippen molar-refractivity contribution in [2.24, 2.45) is 28.1 Å². The molecule has 2 unspecified atom stereocenters. The molecule has 4 saturated heterocycles. The number of carbonyl (C=O) groups is 4. The summed E-state index contributed by atoms with van der Waals surface area (Å²) in [5.41, 5.74) is -4.68. The summed E-state index contributed by atoms with van der Waals surface area (Å²) >= 11 is 0. The van der Waals surface area contributed by atoms with E-state index >= 15 is 0 Å². The summed E-state index contributed by atoms with van der Waals surface area (Å²) < 4.78 is 47.8. The third-order valence-corrected chi connectivity index (χ3v) is 12.3. The first-order chi connectivity index (χ1) is 27.0. The van der Waals surface area contributed by atoms with Crippen LogP contribution in [0.4, 0.5) is 0 Å². The molecule has 0 radical (unpaired) electrons. The van der Waals surface area contributed by atoms with Crippen LogP contribution in [0.15, 0.2) is 0 Å². The van der Waals surface area contributed by atoms with E-state index in [9.17, 15) is 29.6 Å². The monoisotopic (exact) mass is 843 g/mol. The van der Waals surface area contributed by atoms with Gasteiger partial charge in [-0.25, -0.2) is 0 Å². The normalized spacial score (nSPS) is 29.0. The minimum absolute atomic E-state index is 0.144. The molecule has 0 aromatic rings. The molecule has 340 valence electrons. The fourth-order valence-electron chi connectivity index (χ4n) is 9.39. The Hall–Kier alpha value is -2.28. The van der Waals surface area contributed by atoms with Gasteiger partial charge in [0.2, 0.25) is 0 Å². The van der Waals surface area contributed by atoms with Gasteiger partial charge in [-0.15, -0.1) is 0 Å². The maximum Gasteiger partial charge on any atom is 0.310 e. The predicted octanol–water partition coefficient (Wildman–Crippen LogP) is 5.47. The smallest absolute Gasteiger partial charge is 0.310 e. The van der Waals surface area contributed by atoms with E-state index in [0.717, 1.165) is 0 Å². The summed E-state index contributed by atoms with van der Waals surface area (Å²) in [5.74, 6) is -5.61. The van der Waals surface area contributed by atoms with Gasteiger partial charge in [-0.2, -0.15) is 10.1 Å². The second-order valence-corrected chi connectivity index (χ2v) is 21.6. The molecule has 4 heterocycles. The van der Waals surface area contributed by atoms with Crippen LogP contribution in [0.5, 0.6) is 0 Å². The Morgan fingerprint density at radius 1 is 0.627 bits per heavy atom. The molecule has 0 aliphatic carbocycles. The van der Waals surface area contributed by atoms with E-state index < -0.39 is 93.9 Å². The van der Waals surface area contributed by atoms with Gasteiger partial charge in [0.25, 0.3) is 0 Å². The second kappa shape index (κ2) is 18.2. The number of rotatable bonds is 15. The van der Waals surface area contributed by atoms with Crippen LogP contribution in [-0.2, 0) is 57.1 Å². The number of methoxy groups -OCH3 is 1. The van der Waals surface area contributed by atoms with Crippen molar-refractivity contribution in [1.29, 1.82) is 0 Å². The molecule has 16 heteroatoms. The Labute approximate surface area is 351 Å². The summed E-state index contributed by atoms with van der Waals surface area (Å²) in [6, 6.07) is 0. The maximum absolute atomic E-state index is 14.3. The molecule has 2 atom stereocenters. The van der Waals surface area contributed by atoms with Crippen molar-refractivity contribution < 1.29 is 67.5 Å². The Kier molecular flexibility index (Phi) is 15.2. The molecular weight excluding hydrogens is 768 g/mol. The van der Waals surface area contributed by atoms with Crippen molar-refractivity contribution in [2.45, 2.75) is 175 Å². The van der Waals surface area contributed by atoms with Crippen molar-refractivity contribution in [3.05, 3.63) is 0 Å². The molecule has 4 rings (SSSR count). The van der Waals surface area contributed by atoms with Gasteiger partial charge in [0, 0.05) is 72.2 Å². The number of hydrogen-bond donors (Lipinski definition) is 2. The topological polar surface area (TPSA) is 189 Å². The lowest BCUT2D eigenvalue weighted by Crippen LogP contribution is -2.61. The zero-order chi connectivity index (χ0) is 44.6. The average Bonchev–Trinajstić information content (AvgIpc) is 3.10. The van der Waals surface area contributed by atoms with Crippen LogP contribution in [-0.4, -0.2) is 138 Å². The van der Waals surface area contributed by atoms with E-state index in [1.165, 1.54) is 17.1 Å². The number of nitrogens with zero attached hydrogens (tertiary/aromatic N) is 2. The first kappa shape index (κ1) is 49.4. The van der Waals surface area contributed by atoms with Crippen LogP contribution in [0.3, 0.4) is 0 Å². The van der Waals surface area contributed by atoms with Crippen LogP contribution in [0, 0.1) is 28.1 Å². The van der Waals surface area contributed by atoms with Crippen LogP contribution >= 0.6 is 0 Å². The quantitative estimate of drug-likeness (QED) is 0.156. The molecule has 59 heavy (non-hydrogen) atoms. The standard InChI is InChI=1S/C43H74N2O14/c1-27(46)15-30(33(48)58-28-17-39(6,7)44(50)40(8,9)18-28)31(34(49)59-29-19-41(10,11)45(51)42(12,13)20-29)16-32(47)53-22-38(4,5)36-56-25-43(26-57-36)23-54-35(55-24-43)37(2,3)21-52-14/h28-31,35-36,50-51H,15-26H2,1-14H3. The van der Waals surface area contributed by atoms with Crippen LogP contribution in [0.25, 0.3) is 0 Å². The fraction of sp³-hybridized carbons (Fsp3) is 0.907. The Bertz CT molecular complexity index is 1450. The Balaban J connectivity index is 1.48. The van der Waals surface area contributed by atoms with E-state index in [2.05, 4.69) is 0 Å². The molecule has 4 aliphatic rings. The third-order valence-electron chi connectivity index (χ3n) is 12.3. The molecule has 4 fully saturated rings. The van der Waals surface area contributed by atoms with Gasteiger partial charge in [0.15, 0.2) is 12.6 Å². The van der Waals surface area contributed by atoms with E-state index in [0.29, 0.717) is 45.9 Å². The number of ketones is 1. The molecular formula is C43H74N2O14. The number of ether oxygens (including phenoxy) is 8. The summed E-state index contributed by atoms with van der Waals surface area (Å²) in [6.45, 7) is 25.3. The van der Waals surface area contributed by atoms with Gasteiger partial charge in [-0.3, -0.25) is 14.4 Å². The van der Waals surface area contributed by atoms with Gasteiger partial charge in [-0.1, -0.05) is 27.7 Å². The second-order valence-electron chi connectivity index (χ2n) is 21.6. The number of piperidine rings is 2. The zero-order valence-electron chi connectivity index (χ0n) is 38.1. The summed E-state index contributed by atoms with van der Waals surface area (Å²) in [5, 5.41) is 24.2. The summed E-state index contributed by atoms with van der Waals surface area (Å²) in [7, 11) is 1.64. The zero-order valence-corrected chi connectivity index (χ0v) is 38.1. The van der Waals surface area contributed by atoms with E-state index in [-0.39, 0.29) is 37.1 Å². The van der Waals surface area contributed by atoms with Gasteiger partial charge in [0.1, 0.15) is 24.6 Å². The molecule has 1 spiro atoms. The van der Waals surface area contributed by atoms with Crippen LogP contribution in [0.2, 0.25) is 0 Å². The lowest BCUT2D eigenvalue weighted by molar-refractivity contribution is -0.337. The summed E-state index contributed by atoms with van der Waals surface area (Å²) in [4.78, 5) is 55.0. The molecule has 0 amide bonds. The lowest BCUT2D eigenvalue weighted by atomic mass is 9.79. The highest BCUT2D eigenvalue weighted by Gasteiger charge is 2.51. The van der Waals surface area contributed by atoms with Gasteiger partial charge >= 0.3 is 17.9 Å². The number of Topliss-reactive ketones (excluding diaryl/α,β-unsaturated/α-hetero) is 1. The Morgan fingerprint density at radius 2 is 0.966 bits per heavy atom. The number of esters is 3. The number of carbonyl (C=O) groups excluding carboxylic acids is 4. The van der Waals surface area contributed by atoms with E-state index in [1.54, 1.807) is 7.11 Å². The highest BCUT2D eigenvalue weighted by molar-refractivity contribution is 5.89. The van der Waals surface area contributed by atoms with Crippen molar-refractivity contribution in [1.82, 2.24) is 10.1 Å². The molecule has 0 aromatic heterocycles. The largest absolute Gasteiger partial charge is 0.465 e. The Morgan fingerprint density at radius 3 is 1.31 bits per heavy atom. The highest BCUT2D eigenvalue weighted by Crippen LogP contribution is 2.42. The first-order valence-corrected chi connectivity index (χ1v) is 21.0. The predicted molar refractivity (Wildman–Crippen MR) is 213 cm³/mol.